The van der Waals surface area contributed by atoms with Crippen molar-refractivity contribution in [3.63, 3.8) is 0 Å². The zero-order valence-corrected chi connectivity index (χ0v) is 12.8. The molecule has 2 N–H and O–H groups in total. The van der Waals surface area contributed by atoms with Gasteiger partial charge in [-0.15, -0.1) is 0 Å². The van der Waals surface area contributed by atoms with Crippen molar-refractivity contribution < 1.29 is 23.5 Å². The van der Waals surface area contributed by atoms with Gasteiger partial charge in [0.2, 0.25) is 11.8 Å². The molecule has 2 aromatic carbocycles. The van der Waals surface area contributed by atoms with Gasteiger partial charge >= 0.3 is 5.97 Å². The Morgan fingerprint density at radius 1 is 0.958 bits per heavy atom. The third-order valence-electron chi connectivity index (χ3n) is 3.02. The highest BCUT2D eigenvalue weighted by atomic mass is 19.1. The van der Waals surface area contributed by atoms with Gasteiger partial charge in [-0.2, -0.15) is 0 Å². The molecule has 0 unspecified atom stereocenters. The first-order valence-electron chi connectivity index (χ1n) is 7.01. The van der Waals surface area contributed by atoms with E-state index in [1.807, 2.05) is 0 Å². The molecule has 0 aromatic heterocycles. The van der Waals surface area contributed by atoms with Crippen LogP contribution in [0.2, 0.25) is 0 Å². The van der Waals surface area contributed by atoms with Crippen LogP contribution < -0.4 is 10.6 Å². The van der Waals surface area contributed by atoms with Gasteiger partial charge in [0, 0.05) is 11.4 Å². The number of methoxy groups -OCH3 is 1. The topological polar surface area (TPSA) is 84.5 Å². The summed E-state index contributed by atoms with van der Waals surface area (Å²) >= 11 is 0. The molecule has 2 aromatic rings. The lowest BCUT2D eigenvalue weighted by molar-refractivity contribution is -0.123. The predicted octanol–water partition coefficient (Wildman–Crippen LogP) is 2.58. The number of carbonyl (C=O) groups is 3. The van der Waals surface area contributed by atoms with Crippen LogP contribution in [0.25, 0.3) is 0 Å². The Hall–Kier alpha value is -3.22. The monoisotopic (exact) mass is 330 g/mol. The van der Waals surface area contributed by atoms with E-state index < -0.39 is 30.0 Å². The molecule has 0 radical (unpaired) electrons. The summed E-state index contributed by atoms with van der Waals surface area (Å²) in [5.41, 5.74) is 1.06. The zero-order chi connectivity index (χ0) is 17.5. The molecule has 0 aliphatic heterocycles. The molecule has 0 aliphatic rings. The second-order valence-electron chi connectivity index (χ2n) is 4.85. The first-order chi connectivity index (χ1) is 11.5. The van der Waals surface area contributed by atoms with Gasteiger partial charge in [0.25, 0.3) is 0 Å². The van der Waals surface area contributed by atoms with Crippen molar-refractivity contribution in [2.24, 2.45) is 0 Å². The smallest absolute Gasteiger partial charge is 0.337 e. The van der Waals surface area contributed by atoms with E-state index in [0.29, 0.717) is 11.3 Å². The third-order valence-corrected chi connectivity index (χ3v) is 3.02. The second kappa shape index (κ2) is 7.87. The molecule has 7 heteroatoms. The van der Waals surface area contributed by atoms with Gasteiger partial charge in [0.15, 0.2) is 0 Å². The van der Waals surface area contributed by atoms with E-state index in [1.165, 1.54) is 49.6 Å². The van der Waals surface area contributed by atoms with Gasteiger partial charge in [-0.1, -0.05) is 6.07 Å². The quantitative estimate of drug-likeness (QED) is 0.652. The Labute approximate surface area is 137 Å². The Morgan fingerprint density at radius 2 is 1.58 bits per heavy atom. The zero-order valence-electron chi connectivity index (χ0n) is 12.8. The molecule has 124 valence electrons. The lowest BCUT2D eigenvalue weighted by Crippen LogP contribution is -2.21. The fourth-order valence-electron chi connectivity index (χ4n) is 1.93. The van der Waals surface area contributed by atoms with Crippen molar-refractivity contribution in [3.05, 3.63) is 59.9 Å². The number of anilines is 2. The average Bonchev–Trinajstić information content (AvgIpc) is 2.54. The Morgan fingerprint density at radius 3 is 2.17 bits per heavy atom. The number of ether oxygens (including phenoxy) is 1. The van der Waals surface area contributed by atoms with Gasteiger partial charge in [0.1, 0.15) is 12.2 Å². The summed E-state index contributed by atoms with van der Waals surface area (Å²) in [6.45, 7) is 0. The van der Waals surface area contributed by atoms with Crippen LogP contribution in [0.1, 0.15) is 16.8 Å². The lowest BCUT2D eigenvalue weighted by atomic mass is 10.2. The molecule has 0 saturated carbocycles. The Bertz CT molecular complexity index is 759. The van der Waals surface area contributed by atoms with Crippen molar-refractivity contribution in [3.8, 4) is 0 Å². The Kier molecular flexibility index (Phi) is 5.62. The molecule has 6 nitrogen and oxygen atoms in total. The fraction of sp³-hybridized carbons (Fsp3) is 0.118. The molecule has 0 atom stereocenters. The highest BCUT2D eigenvalue weighted by Gasteiger charge is 2.11. The van der Waals surface area contributed by atoms with E-state index in [4.69, 9.17) is 0 Å². The van der Waals surface area contributed by atoms with Crippen LogP contribution in [-0.4, -0.2) is 24.9 Å². The highest BCUT2D eigenvalue weighted by Crippen LogP contribution is 2.12. The molecule has 0 bridgehead atoms. The molecule has 24 heavy (non-hydrogen) atoms. The van der Waals surface area contributed by atoms with Crippen molar-refractivity contribution in [1.29, 1.82) is 0 Å². The van der Waals surface area contributed by atoms with Crippen molar-refractivity contribution in [1.82, 2.24) is 0 Å². The van der Waals surface area contributed by atoms with E-state index in [-0.39, 0.29) is 5.69 Å². The van der Waals surface area contributed by atoms with Gasteiger partial charge in [-0.3, -0.25) is 9.59 Å². The number of hydrogen-bond acceptors (Lipinski definition) is 4. The third kappa shape index (κ3) is 4.91. The molecule has 0 saturated heterocycles. The van der Waals surface area contributed by atoms with E-state index >= 15 is 0 Å². The number of nitrogens with one attached hydrogen (secondary N) is 2. The summed E-state index contributed by atoms with van der Waals surface area (Å²) in [6, 6.07) is 11.4. The highest BCUT2D eigenvalue weighted by molar-refractivity contribution is 6.08. The van der Waals surface area contributed by atoms with E-state index in [1.54, 1.807) is 0 Å². The first-order valence-corrected chi connectivity index (χ1v) is 7.01. The largest absolute Gasteiger partial charge is 0.465 e. The lowest BCUT2D eigenvalue weighted by Gasteiger charge is -2.07. The number of halogens is 1. The maximum atomic E-state index is 13.0. The summed E-state index contributed by atoms with van der Waals surface area (Å²) in [6.07, 6.45) is -0.421. The Balaban J connectivity index is 1.88. The average molecular weight is 330 g/mol. The van der Waals surface area contributed by atoms with Gasteiger partial charge in [-0.05, 0) is 42.5 Å². The van der Waals surface area contributed by atoms with Crippen LogP contribution in [-0.2, 0) is 14.3 Å². The standard InChI is InChI=1S/C17H15FN2O4/c1-24-17(23)11-5-7-13(8-6-11)19-15(21)10-16(22)20-14-4-2-3-12(18)9-14/h2-9H,10H2,1H3,(H,19,21)(H,20,22). The maximum Gasteiger partial charge on any atom is 0.337 e. The summed E-state index contributed by atoms with van der Waals surface area (Å²) in [5.74, 6) is -2.07. The second-order valence-corrected chi connectivity index (χ2v) is 4.85. The fourth-order valence-corrected chi connectivity index (χ4v) is 1.93. The van der Waals surface area contributed by atoms with Crippen LogP contribution in [0.4, 0.5) is 15.8 Å². The number of esters is 1. The van der Waals surface area contributed by atoms with E-state index in [2.05, 4.69) is 15.4 Å². The van der Waals surface area contributed by atoms with E-state index in [9.17, 15) is 18.8 Å². The number of benzene rings is 2. The molecule has 0 fully saturated rings. The van der Waals surface area contributed by atoms with Crippen LogP contribution in [0, 0.1) is 5.82 Å². The number of rotatable bonds is 5. The molecule has 0 spiro atoms. The van der Waals surface area contributed by atoms with Gasteiger partial charge in [0.05, 0.1) is 12.7 Å². The van der Waals surface area contributed by atoms with Crippen molar-refractivity contribution >= 4 is 29.2 Å². The molecule has 2 rings (SSSR count). The number of carbonyl (C=O) groups excluding carboxylic acids is 3. The summed E-state index contributed by atoms with van der Waals surface area (Å²) in [7, 11) is 1.27. The van der Waals surface area contributed by atoms with Crippen molar-refractivity contribution in [2.75, 3.05) is 17.7 Å². The predicted molar refractivity (Wildman–Crippen MR) is 86.1 cm³/mol. The number of amides is 2. The van der Waals surface area contributed by atoms with Crippen LogP contribution >= 0.6 is 0 Å². The normalized spacial score (nSPS) is 9.92. The van der Waals surface area contributed by atoms with Gasteiger partial charge < -0.3 is 15.4 Å². The molecular formula is C17H15FN2O4. The van der Waals surface area contributed by atoms with Crippen LogP contribution in [0.5, 0.6) is 0 Å². The summed E-state index contributed by atoms with van der Waals surface area (Å²) in [5, 5.41) is 4.96. The molecule has 0 heterocycles. The van der Waals surface area contributed by atoms with Crippen LogP contribution in [0.3, 0.4) is 0 Å². The first kappa shape index (κ1) is 17.1. The van der Waals surface area contributed by atoms with Gasteiger partial charge in [-0.25, -0.2) is 9.18 Å². The minimum Gasteiger partial charge on any atom is -0.465 e. The molecule has 2 amide bonds. The summed E-state index contributed by atoms with van der Waals surface area (Å²) in [4.78, 5) is 34.9. The SMILES string of the molecule is COC(=O)c1ccc(NC(=O)CC(=O)Nc2cccc(F)c2)cc1. The maximum absolute atomic E-state index is 13.0. The summed E-state index contributed by atoms with van der Waals surface area (Å²) < 4.78 is 17.6. The molecule has 0 aliphatic carbocycles. The van der Waals surface area contributed by atoms with E-state index in [0.717, 1.165) is 6.07 Å². The number of hydrogen-bond donors (Lipinski definition) is 2. The molecular weight excluding hydrogens is 315 g/mol. The minimum atomic E-state index is -0.565. The minimum absolute atomic E-state index is 0.273. The van der Waals surface area contributed by atoms with Crippen molar-refractivity contribution in [2.45, 2.75) is 6.42 Å². The van der Waals surface area contributed by atoms with Crippen LogP contribution in [0.15, 0.2) is 48.5 Å².